The highest BCUT2D eigenvalue weighted by atomic mass is 32.1. The normalized spacial score (nSPS) is 15.9. The summed E-state index contributed by atoms with van der Waals surface area (Å²) in [5, 5.41) is 3.10. The quantitative estimate of drug-likeness (QED) is 0.730. The predicted molar refractivity (Wildman–Crippen MR) is 100 cm³/mol. The van der Waals surface area contributed by atoms with Gasteiger partial charge in [0.15, 0.2) is 11.6 Å². The molecule has 0 unspecified atom stereocenters. The van der Waals surface area contributed by atoms with Crippen LogP contribution in [0.3, 0.4) is 0 Å². The smallest absolute Gasteiger partial charge is 0.341 e. The number of amides is 1. The first-order chi connectivity index (χ1) is 12.9. The van der Waals surface area contributed by atoms with Crippen molar-refractivity contribution in [2.45, 2.75) is 39.5 Å². The average Bonchev–Trinajstić information content (AvgIpc) is 3.00. The Morgan fingerprint density at radius 1 is 1.26 bits per heavy atom. The van der Waals surface area contributed by atoms with Gasteiger partial charge in [-0.1, -0.05) is 13.3 Å². The number of ether oxygens (including phenoxy) is 1. The van der Waals surface area contributed by atoms with Crippen LogP contribution in [0.25, 0.3) is 0 Å². The number of carbonyl (C=O) groups is 2. The summed E-state index contributed by atoms with van der Waals surface area (Å²) in [6.45, 7) is 4.10. The van der Waals surface area contributed by atoms with E-state index in [-0.39, 0.29) is 12.2 Å². The fourth-order valence-electron chi connectivity index (χ4n) is 3.32. The number of halogens is 2. The number of hydrogen-bond donors (Lipinski definition) is 1. The first-order valence-corrected chi connectivity index (χ1v) is 9.84. The van der Waals surface area contributed by atoms with Gasteiger partial charge in [-0.15, -0.1) is 11.3 Å². The zero-order chi connectivity index (χ0) is 19.6. The number of benzene rings is 1. The highest BCUT2D eigenvalue weighted by Crippen LogP contribution is 2.41. The molecular formula is C20H21F2NO3S. The van der Waals surface area contributed by atoms with Gasteiger partial charge in [-0.25, -0.2) is 13.6 Å². The third-order valence-corrected chi connectivity index (χ3v) is 6.00. The Kier molecular flexibility index (Phi) is 5.89. The van der Waals surface area contributed by atoms with Gasteiger partial charge in [0.05, 0.1) is 12.2 Å². The topological polar surface area (TPSA) is 55.4 Å². The Hall–Kier alpha value is -2.28. The van der Waals surface area contributed by atoms with Gasteiger partial charge in [0.1, 0.15) is 5.00 Å². The molecule has 1 atom stereocenters. The fourth-order valence-corrected chi connectivity index (χ4v) is 4.67. The maximum absolute atomic E-state index is 13.4. The maximum atomic E-state index is 13.4. The van der Waals surface area contributed by atoms with Gasteiger partial charge in [-0.05, 0) is 55.9 Å². The number of hydrogen-bond acceptors (Lipinski definition) is 4. The van der Waals surface area contributed by atoms with E-state index in [1.54, 1.807) is 6.92 Å². The van der Waals surface area contributed by atoms with Crippen LogP contribution in [0.1, 0.15) is 57.8 Å². The maximum Gasteiger partial charge on any atom is 0.341 e. The van der Waals surface area contributed by atoms with Gasteiger partial charge in [0.2, 0.25) is 0 Å². The molecular weight excluding hydrogens is 372 g/mol. The molecule has 0 saturated carbocycles. The number of carbonyl (C=O) groups excluding carboxylic acids is 2. The minimum atomic E-state index is -1.09. The highest BCUT2D eigenvalue weighted by molar-refractivity contribution is 7.17. The summed E-state index contributed by atoms with van der Waals surface area (Å²) in [7, 11) is 0. The number of nitrogens with one attached hydrogen (secondary N) is 1. The van der Waals surface area contributed by atoms with E-state index < -0.39 is 23.5 Å². The second-order valence-electron chi connectivity index (χ2n) is 6.53. The minimum Gasteiger partial charge on any atom is -0.462 e. The van der Waals surface area contributed by atoms with Crippen molar-refractivity contribution in [2.75, 3.05) is 11.9 Å². The summed E-state index contributed by atoms with van der Waals surface area (Å²) in [6, 6.07) is 2.95. The van der Waals surface area contributed by atoms with Crippen molar-refractivity contribution in [3.63, 3.8) is 0 Å². The van der Waals surface area contributed by atoms with Crippen LogP contribution >= 0.6 is 11.3 Å². The van der Waals surface area contributed by atoms with Gasteiger partial charge >= 0.3 is 5.97 Å². The molecule has 144 valence electrons. The summed E-state index contributed by atoms with van der Waals surface area (Å²) in [6.07, 6.45) is 3.68. The molecule has 1 aliphatic rings. The van der Waals surface area contributed by atoms with Gasteiger partial charge in [0.25, 0.3) is 5.91 Å². The Labute approximate surface area is 160 Å². The van der Waals surface area contributed by atoms with E-state index in [1.807, 2.05) is 0 Å². The second kappa shape index (κ2) is 8.17. The molecule has 0 bridgehead atoms. The number of fused-ring (bicyclic) bond motifs is 1. The van der Waals surface area contributed by atoms with Gasteiger partial charge < -0.3 is 10.1 Å². The Morgan fingerprint density at radius 2 is 2.04 bits per heavy atom. The average molecular weight is 393 g/mol. The molecule has 7 heteroatoms. The van der Waals surface area contributed by atoms with E-state index in [4.69, 9.17) is 4.74 Å². The summed E-state index contributed by atoms with van der Waals surface area (Å²) in [5.74, 6) is -2.61. The fraction of sp³-hybridized carbons (Fsp3) is 0.400. The molecule has 1 aromatic heterocycles. The molecule has 0 fully saturated rings. The van der Waals surface area contributed by atoms with Crippen molar-refractivity contribution in [1.82, 2.24) is 0 Å². The first-order valence-electron chi connectivity index (χ1n) is 9.02. The molecule has 1 heterocycles. The minimum absolute atomic E-state index is 0.0125. The van der Waals surface area contributed by atoms with Gasteiger partial charge in [-0.3, -0.25) is 4.79 Å². The molecule has 1 aromatic carbocycles. The summed E-state index contributed by atoms with van der Waals surface area (Å²) >= 11 is 1.37. The lowest BCUT2D eigenvalue weighted by atomic mass is 9.85. The van der Waals surface area contributed by atoms with Crippen molar-refractivity contribution in [2.24, 2.45) is 5.92 Å². The van der Waals surface area contributed by atoms with Crippen molar-refractivity contribution < 1.29 is 23.1 Å². The molecule has 1 aliphatic carbocycles. The molecule has 0 spiro atoms. The van der Waals surface area contributed by atoms with Crippen LogP contribution in [0.15, 0.2) is 18.2 Å². The molecule has 0 saturated heterocycles. The Morgan fingerprint density at radius 3 is 2.70 bits per heavy atom. The largest absolute Gasteiger partial charge is 0.462 e. The lowest BCUT2D eigenvalue weighted by Gasteiger charge is -2.20. The van der Waals surface area contributed by atoms with Crippen LogP contribution in [0, 0.1) is 17.6 Å². The summed E-state index contributed by atoms with van der Waals surface area (Å²) in [4.78, 5) is 26.1. The monoisotopic (exact) mass is 393 g/mol. The van der Waals surface area contributed by atoms with E-state index in [9.17, 15) is 18.4 Å². The van der Waals surface area contributed by atoms with E-state index in [0.29, 0.717) is 16.5 Å². The Bertz CT molecular complexity index is 878. The predicted octanol–water partition coefficient (Wildman–Crippen LogP) is 4.97. The van der Waals surface area contributed by atoms with E-state index in [1.165, 1.54) is 17.4 Å². The zero-order valence-corrected chi connectivity index (χ0v) is 16.1. The van der Waals surface area contributed by atoms with Crippen LogP contribution in [0.2, 0.25) is 0 Å². The number of thiophene rings is 1. The first kappa shape index (κ1) is 19.5. The summed E-state index contributed by atoms with van der Waals surface area (Å²) in [5.41, 5.74) is 1.31. The van der Waals surface area contributed by atoms with Crippen LogP contribution in [-0.2, 0) is 17.6 Å². The molecule has 4 nitrogen and oxygen atoms in total. The highest BCUT2D eigenvalue weighted by Gasteiger charge is 2.30. The van der Waals surface area contributed by atoms with E-state index >= 15 is 0 Å². The molecule has 3 rings (SSSR count). The van der Waals surface area contributed by atoms with Crippen LogP contribution in [-0.4, -0.2) is 18.5 Å². The van der Waals surface area contributed by atoms with Crippen molar-refractivity contribution in [1.29, 1.82) is 0 Å². The lowest BCUT2D eigenvalue weighted by Crippen LogP contribution is -2.17. The molecule has 2 aromatic rings. The van der Waals surface area contributed by atoms with Gasteiger partial charge in [-0.2, -0.15) is 0 Å². The third-order valence-electron chi connectivity index (χ3n) is 4.83. The van der Waals surface area contributed by atoms with Crippen molar-refractivity contribution >= 4 is 28.2 Å². The number of esters is 1. The van der Waals surface area contributed by atoms with Crippen molar-refractivity contribution in [3.8, 4) is 0 Å². The van der Waals surface area contributed by atoms with Crippen molar-refractivity contribution in [3.05, 3.63) is 51.4 Å². The van der Waals surface area contributed by atoms with Gasteiger partial charge in [0, 0.05) is 10.4 Å². The molecule has 0 aliphatic heterocycles. The lowest BCUT2D eigenvalue weighted by molar-refractivity contribution is 0.0526. The molecule has 1 amide bonds. The number of anilines is 1. The van der Waals surface area contributed by atoms with Crippen LogP contribution in [0.5, 0.6) is 0 Å². The molecule has 1 N–H and O–H groups in total. The molecule has 27 heavy (non-hydrogen) atoms. The Balaban J connectivity index is 1.93. The number of rotatable bonds is 5. The van der Waals surface area contributed by atoms with Crippen LogP contribution < -0.4 is 5.32 Å². The molecule has 0 radical (unpaired) electrons. The third kappa shape index (κ3) is 4.03. The second-order valence-corrected chi connectivity index (χ2v) is 7.63. The van der Waals surface area contributed by atoms with Crippen LogP contribution in [0.4, 0.5) is 13.8 Å². The van der Waals surface area contributed by atoms with E-state index in [2.05, 4.69) is 12.2 Å². The summed E-state index contributed by atoms with van der Waals surface area (Å²) < 4.78 is 31.7. The zero-order valence-electron chi connectivity index (χ0n) is 15.2. The standard InChI is InChI=1S/C20H21F2NO3S/c1-3-11-5-7-13-16(9-11)27-19(17(13)20(25)26-4-2)23-18(24)12-6-8-14(21)15(22)10-12/h6,8,10-11H,3-5,7,9H2,1-2H3,(H,23,24)/t11-/m1/s1. The SMILES string of the molecule is CCOC(=O)c1c(NC(=O)c2ccc(F)c(F)c2)sc2c1CC[C@@H](CC)C2. The van der Waals surface area contributed by atoms with E-state index in [0.717, 1.165) is 48.3 Å².